The van der Waals surface area contributed by atoms with E-state index in [0.717, 1.165) is 12.1 Å². The highest BCUT2D eigenvalue weighted by Gasteiger charge is 2.23. The van der Waals surface area contributed by atoms with Crippen molar-refractivity contribution < 1.29 is 4.79 Å². The summed E-state index contributed by atoms with van der Waals surface area (Å²) >= 11 is 0. The fraction of sp³-hybridized carbons (Fsp3) is 0.211. The molecule has 0 heterocycles. The van der Waals surface area contributed by atoms with E-state index in [-0.39, 0.29) is 5.91 Å². The lowest BCUT2D eigenvalue weighted by molar-refractivity contribution is -0.120. The summed E-state index contributed by atoms with van der Waals surface area (Å²) in [5, 5.41) is 3.03. The molecule has 2 aromatic rings. The van der Waals surface area contributed by atoms with Crippen LogP contribution >= 0.6 is 0 Å². The molecule has 1 atom stereocenters. The van der Waals surface area contributed by atoms with E-state index in [0.29, 0.717) is 12.3 Å². The van der Waals surface area contributed by atoms with Gasteiger partial charge in [0.1, 0.15) is 0 Å². The molecule has 0 aliphatic heterocycles. The van der Waals surface area contributed by atoms with Crippen LogP contribution in [-0.2, 0) is 4.79 Å². The Labute approximate surface area is 125 Å². The van der Waals surface area contributed by atoms with Crippen molar-refractivity contribution in [3.05, 3.63) is 77.0 Å². The molecule has 0 fully saturated rings. The Morgan fingerprint density at radius 3 is 2.57 bits per heavy atom. The van der Waals surface area contributed by atoms with Crippen molar-refractivity contribution in [1.29, 1.82) is 0 Å². The van der Waals surface area contributed by atoms with Crippen LogP contribution in [0.5, 0.6) is 0 Å². The smallest absolute Gasteiger partial charge is 0.223 e. The Morgan fingerprint density at radius 1 is 1.10 bits per heavy atom. The van der Waals surface area contributed by atoms with Gasteiger partial charge in [-0.2, -0.15) is 0 Å². The van der Waals surface area contributed by atoms with Gasteiger partial charge in [-0.05, 0) is 29.2 Å². The van der Waals surface area contributed by atoms with Crippen molar-refractivity contribution in [1.82, 2.24) is 5.32 Å². The van der Waals surface area contributed by atoms with Crippen LogP contribution in [-0.4, -0.2) is 5.91 Å². The molecule has 1 aliphatic rings. The van der Waals surface area contributed by atoms with Gasteiger partial charge in [-0.25, -0.2) is 0 Å². The first-order valence-electron chi connectivity index (χ1n) is 7.42. The second kappa shape index (κ2) is 5.96. The summed E-state index contributed by atoms with van der Waals surface area (Å²) in [5.41, 5.74) is 4.83. The van der Waals surface area contributed by atoms with Gasteiger partial charge >= 0.3 is 0 Å². The molecular formula is C19H19NO. The minimum absolute atomic E-state index is 0.0763. The molecule has 21 heavy (non-hydrogen) atoms. The largest absolute Gasteiger partial charge is 0.330 e. The summed E-state index contributed by atoms with van der Waals surface area (Å²) in [4.78, 5) is 11.7. The number of amides is 1. The Morgan fingerprint density at radius 2 is 1.81 bits per heavy atom. The van der Waals surface area contributed by atoms with Gasteiger partial charge in [-0.1, -0.05) is 61.5 Å². The van der Waals surface area contributed by atoms with Crippen LogP contribution in [0.3, 0.4) is 0 Å². The molecular weight excluding hydrogens is 258 g/mol. The van der Waals surface area contributed by atoms with Crippen molar-refractivity contribution in [2.24, 2.45) is 0 Å². The van der Waals surface area contributed by atoms with Gasteiger partial charge in [0.2, 0.25) is 5.91 Å². The van der Waals surface area contributed by atoms with Gasteiger partial charge in [0, 0.05) is 18.0 Å². The topological polar surface area (TPSA) is 29.1 Å². The lowest BCUT2D eigenvalue weighted by Crippen LogP contribution is -2.25. The van der Waals surface area contributed by atoms with Crippen LogP contribution in [0.25, 0.3) is 6.08 Å². The summed E-state index contributed by atoms with van der Waals surface area (Å²) in [6.45, 7) is 1.88. The molecule has 0 spiro atoms. The molecule has 0 bridgehead atoms. The molecule has 1 amide bonds. The van der Waals surface area contributed by atoms with E-state index in [9.17, 15) is 4.79 Å². The highest BCUT2D eigenvalue weighted by Crippen LogP contribution is 2.37. The summed E-state index contributed by atoms with van der Waals surface area (Å²) in [6, 6.07) is 18.9. The van der Waals surface area contributed by atoms with Gasteiger partial charge in [-0.3, -0.25) is 4.79 Å². The molecule has 3 rings (SSSR count). The van der Waals surface area contributed by atoms with E-state index in [1.165, 1.54) is 16.7 Å². The Hall–Kier alpha value is -2.35. The zero-order valence-electron chi connectivity index (χ0n) is 12.2. The SMILES string of the molecule is CCC(=O)NC1=Cc2ccccc2[C@@H](c2ccccc2)C1. The van der Waals surface area contributed by atoms with Crippen LogP contribution in [0.1, 0.15) is 42.4 Å². The molecule has 0 saturated heterocycles. The number of allylic oxidation sites excluding steroid dienone is 1. The minimum atomic E-state index is 0.0763. The van der Waals surface area contributed by atoms with E-state index in [2.05, 4.69) is 53.9 Å². The summed E-state index contributed by atoms with van der Waals surface area (Å²) in [6.07, 6.45) is 3.45. The fourth-order valence-corrected chi connectivity index (χ4v) is 2.87. The number of carbonyl (C=O) groups excluding carboxylic acids is 1. The minimum Gasteiger partial charge on any atom is -0.330 e. The molecule has 0 radical (unpaired) electrons. The number of fused-ring (bicyclic) bond motifs is 1. The highest BCUT2D eigenvalue weighted by atomic mass is 16.1. The second-order valence-corrected chi connectivity index (χ2v) is 5.37. The Bertz CT molecular complexity index is 673. The zero-order valence-corrected chi connectivity index (χ0v) is 12.2. The zero-order chi connectivity index (χ0) is 14.7. The Balaban J connectivity index is 1.99. The normalized spacial score (nSPS) is 16.8. The van der Waals surface area contributed by atoms with Crippen molar-refractivity contribution >= 4 is 12.0 Å². The monoisotopic (exact) mass is 277 g/mol. The molecule has 106 valence electrons. The van der Waals surface area contributed by atoms with E-state index < -0.39 is 0 Å². The third-order valence-corrected chi connectivity index (χ3v) is 3.95. The van der Waals surface area contributed by atoms with Gasteiger partial charge in [0.05, 0.1) is 0 Å². The second-order valence-electron chi connectivity index (χ2n) is 5.37. The average molecular weight is 277 g/mol. The van der Waals surface area contributed by atoms with Gasteiger partial charge < -0.3 is 5.32 Å². The third kappa shape index (κ3) is 2.89. The Kier molecular flexibility index (Phi) is 3.87. The molecule has 2 nitrogen and oxygen atoms in total. The van der Waals surface area contributed by atoms with Crippen molar-refractivity contribution in [2.75, 3.05) is 0 Å². The average Bonchev–Trinajstić information content (AvgIpc) is 2.55. The van der Waals surface area contributed by atoms with Gasteiger partial charge in [0.25, 0.3) is 0 Å². The first kappa shape index (κ1) is 13.6. The van der Waals surface area contributed by atoms with E-state index in [1.807, 2.05) is 19.1 Å². The predicted molar refractivity (Wildman–Crippen MR) is 85.8 cm³/mol. The number of carbonyl (C=O) groups is 1. The standard InChI is InChI=1S/C19H19NO/c1-2-19(21)20-16-12-15-10-6-7-11-17(15)18(13-16)14-8-4-3-5-9-14/h3-12,18H,2,13H2,1H3,(H,20,21)/t18-/m1/s1. The number of rotatable bonds is 3. The summed E-state index contributed by atoms with van der Waals surface area (Å²) in [7, 11) is 0. The van der Waals surface area contributed by atoms with E-state index in [1.54, 1.807) is 0 Å². The van der Waals surface area contributed by atoms with Crippen molar-refractivity contribution in [3.63, 3.8) is 0 Å². The van der Waals surface area contributed by atoms with E-state index >= 15 is 0 Å². The number of benzene rings is 2. The summed E-state index contributed by atoms with van der Waals surface area (Å²) in [5.74, 6) is 0.381. The lowest BCUT2D eigenvalue weighted by atomic mass is 9.81. The van der Waals surface area contributed by atoms with Gasteiger partial charge in [0.15, 0.2) is 0 Å². The molecule has 1 N–H and O–H groups in total. The van der Waals surface area contributed by atoms with Crippen LogP contribution in [0, 0.1) is 0 Å². The van der Waals surface area contributed by atoms with Crippen molar-refractivity contribution in [2.45, 2.75) is 25.7 Å². The maximum atomic E-state index is 11.7. The fourth-order valence-electron chi connectivity index (χ4n) is 2.87. The van der Waals surface area contributed by atoms with E-state index in [4.69, 9.17) is 0 Å². The molecule has 0 unspecified atom stereocenters. The maximum Gasteiger partial charge on any atom is 0.223 e. The predicted octanol–water partition coefficient (Wildman–Crippen LogP) is 4.09. The first-order chi connectivity index (χ1) is 10.3. The maximum absolute atomic E-state index is 11.7. The quantitative estimate of drug-likeness (QED) is 0.899. The van der Waals surface area contributed by atoms with Crippen molar-refractivity contribution in [3.8, 4) is 0 Å². The third-order valence-electron chi connectivity index (χ3n) is 3.95. The van der Waals surface area contributed by atoms with Crippen LogP contribution < -0.4 is 5.32 Å². The van der Waals surface area contributed by atoms with Crippen LogP contribution in [0.15, 0.2) is 60.3 Å². The van der Waals surface area contributed by atoms with Crippen LogP contribution in [0.2, 0.25) is 0 Å². The molecule has 2 heteroatoms. The van der Waals surface area contributed by atoms with Gasteiger partial charge in [-0.15, -0.1) is 0 Å². The number of hydrogen-bond acceptors (Lipinski definition) is 1. The molecule has 1 aliphatic carbocycles. The van der Waals surface area contributed by atoms with Crippen LogP contribution in [0.4, 0.5) is 0 Å². The lowest BCUT2D eigenvalue weighted by Gasteiger charge is -2.26. The first-order valence-corrected chi connectivity index (χ1v) is 7.42. The summed E-state index contributed by atoms with van der Waals surface area (Å²) < 4.78 is 0. The number of hydrogen-bond donors (Lipinski definition) is 1. The highest BCUT2D eigenvalue weighted by molar-refractivity contribution is 5.79. The molecule has 2 aromatic carbocycles. The molecule has 0 aromatic heterocycles. The molecule has 0 saturated carbocycles. The number of nitrogens with one attached hydrogen (secondary N) is 1.